The highest BCUT2D eigenvalue weighted by Gasteiger charge is 2.19. The van der Waals surface area contributed by atoms with Gasteiger partial charge in [-0.25, -0.2) is 4.57 Å². The first-order valence-electron chi connectivity index (χ1n) is 9.53. The summed E-state index contributed by atoms with van der Waals surface area (Å²) in [5.74, 6) is 0.562. The van der Waals surface area contributed by atoms with Gasteiger partial charge in [0.25, 0.3) is 5.56 Å². The summed E-state index contributed by atoms with van der Waals surface area (Å²) in [7, 11) is 0. The van der Waals surface area contributed by atoms with E-state index in [0.29, 0.717) is 33.1 Å². The Morgan fingerprint density at radius 3 is 2.39 bits per heavy atom. The molecule has 0 unspecified atom stereocenters. The van der Waals surface area contributed by atoms with Crippen LogP contribution in [0.15, 0.2) is 82.1 Å². The molecule has 5 aromatic rings. The maximum Gasteiger partial charge on any atom is 0.310 e. The van der Waals surface area contributed by atoms with Crippen LogP contribution in [0.4, 0.5) is 0 Å². The van der Waals surface area contributed by atoms with E-state index in [1.54, 1.807) is 24.3 Å². The SMILES string of the molecule is Cc1nc2ccccc2c2nc(Oc3ccc(Br)cc3)n(-c3ccc(Cl)cc3)c(=O)c12. The second kappa shape index (κ2) is 7.80. The lowest BCUT2D eigenvalue weighted by molar-refractivity contribution is 0.427. The van der Waals surface area contributed by atoms with Crippen molar-refractivity contribution in [3.63, 3.8) is 0 Å². The maximum atomic E-state index is 13.7. The normalized spacial score (nSPS) is 11.2. The maximum absolute atomic E-state index is 13.7. The fraction of sp³-hybridized carbons (Fsp3) is 0.0417. The Bertz CT molecular complexity index is 1500. The summed E-state index contributed by atoms with van der Waals surface area (Å²) in [4.78, 5) is 23.1. The molecule has 0 aliphatic carbocycles. The van der Waals surface area contributed by atoms with Crippen LogP contribution in [0.5, 0.6) is 11.8 Å². The lowest BCUT2D eigenvalue weighted by Crippen LogP contribution is -2.22. The van der Waals surface area contributed by atoms with Crippen molar-refractivity contribution in [3.05, 3.63) is 98.3 Å². The van der Waals surface area contributed by atoms with Gasteiger partial charge in [-0.2, -0.15) is 4.98 Å². The molecule has 0 radical (unpaired) electrons. The van der Waals surface area contributed by atoms with Crippen molar-refractivity contribution in [2.75, 3.05) is 0 Å². The van der Waals surface area contributed by atoms with Crippen LogP contribution in [-0.2, 0) is 0 Å². The van der Waals surface area contributed by atoms with E-state index in [1.807, 2.05) is 55.5 Å². The zero-order valence-corrected chi connectivity index (χ0v) is 18.7. The number of nitrogens with zero attached hydrogens (tertiary/aromatic N) is 3. The predicted molar refractivity (Wildman–Crippen MR) is 127 cm³/mol. The highest BCUT2D eigenvalue weighted by atomic mass is 79.9. The van der Waals surface area contributed by atoms with Gasteiger partial charge in [0.15, 0.2) is 0 Å². The number of ether oxygens (including phenoxy) is 1. The van der Waals surface area contributed by atoms with Crippen LogP contribution in [-0.4, -0.2) is 14.5 Å². The Balaban J connectivity index is 1.85. The van der Waals surface area contributed by atoms with E-state index in [4.69, 9.17) is 21.3 Å². The zero-order chi connectivity index (χ0) is 21.5. The first kappa shape index (κ1) is 19.7. The van der Waals surface area contributed by atoms with Gasteiger partial charge in [-0.3, -0.25) is 9.78 Å². The molecule has 5 rings (SSSR count). The minimum absolute atomic E-state index is 0.165. The molecule has 5 nitrogen and oxygen atoms in total. The molecule has 0 aliphatic heterocycles. The predicted octanol–water partition coefficient (Wildman–Crippen LogP) is 6.45. The number of benzene rings is 3. The van der Waals surface area contributed by atoms with Crippen LogP contribution < -0.4 is 10.3 Å². The van der Waals surface area contributed by atoms with Crippen molar-refractivity contribution < 1.29 is 4.74 Å². The number of aromatic nitrogens is 3. The van der Waals surface area contributed by atoms with Gasteiger partial charge in [-0.15, -0.1) is 0 Å². The van der Waals surface area contributed by atoms with Gasteiger partial charge in [0, 0.05) is 14.9 Å². The summed E-state index contributed by atoms with van der Waals surface area (Å²) in [6.45, 7) is 1.82. The van der Waals surface area contributed by atoms with E-state index in [9.17, 15) is 4.79 Å². The van der Waals surface area contributed by atoms with Crippen molar-refractivity contribution in [3.8, 4) is 17.4 Å². The molecule has 7 heteroatoms. The van der Waals surface area contributed by atoms with Crippen molar-refractivity contribution in [1.29, 1.82) is 0 Å². The van der Waals surface area contributed by atoms with E-state index in [-0.39, 0.29) is 11.6 Å². The van der Waals surface area contributed by atoms with E-state index in [0.717, 1.165) is 15.4 Å². The Hall–Kier alpha value is -3.22. The Morgan fingerprint density at radius 2 is 1.65 bits per heavy atom. The second-order valence-electron chi connectivity index (χ2n) is 7.01. The summed E-state index contributed by atoms with van der Waals surface area (Å²) in [5.41, 5.74) is 2.30. The standard InChI is InChI=1S/C24H15BrClN3O2/c1-14-21-22(19-4-2-3-5-20(19)27-14)28-24(31-18-12-6-15(25)7-13-18)29(23(21)30)17-10-8-16(26)9-11-17/h2-13H,1H3. The summed E-state index contributed by atoms with van der Waals surface area (Å²) < 4.78 is 8.48. The molecular weight excluding hydrogens is 478 g/mol. The molecule has 2 aromatic heterocycles. The highest BCUT2D eigenvalue weighted by Crippen LogP contribution is 2.29. The fourth-order valence-electron chi connectivity index (χ4n) is 3.52. The third-order valence-electron chi connectivity index (χ3n) is 4.97. The third kappa shape index (κ3) is 3.58. The van der Waals surface area contributed by atoms with Crippen LogP contribution >= 0.6 is 27.5 Å². The number of aryl methyl sites for hydroxylation is 1. The van der Waals surface area contributed by atoms with E-state index in [2.05, 4.69) is 20.9 Å². The number of fused-ring (bicyclic) bond motifs is 3. The van der Waals surface area contributed by atoms with Crippen LogP contribution in [0, 0.1) is 6.92 Å². The average molecular weight is 493 g/mol. The van der Waals surface area contributed by atoms with Crippen molar-refractivity contribution in [1.82, 2.24) is 14.5 Å². The van der Waals surface area contributed by atoms with Crippen LogP contribution in [0.2, 0.25) is 5.02 Å². The molecular formula is C24H15BrClN3O2. The van der Waals surface area contributed by atoms with Crippen molar-refractivity contribution in [2.24, 2.45) is 0 Å². The summed E-state index contributed by atoms with van der Waals surface area (Å²) in [6, 6.07) is 22.1. The molecule has 0 fully saturated rings. The van der Waals surface area contributed by atoms with Crippen LogP contribution in [0.3, 0.4) is 0 Å². The zero-order valence-electron chi connectivity index (χ0n) is 16.3. The van der Waals surface area contributed by atoms with E-state index >= 15 is 0 Å². The molecule has 0 spiro atoms. The van der Waals surface area contributed by atoms with Crippen molar-refractivity contribution >= 4 is 49.3 Å². The quantitative estimate of drug-likeness (QED) is 0.272. The van der Waals surface area contributed by atoms with E-state index in [1.165, 1.54) is 4.57 Å². The molecule has 0 saturated heterocycles. The number of hydrogen-bond acceptors (Lipinski definition) is 4. The van der Waals surface area contributed by atoms with Crippen LogP contribution in [0.25, 0.3) is 27.5 Å². The molecule has 0 aliphatic rings. The lowest BCUT2D eigenvalue weighted by Gasteiger charge is -2.15. The Labute approximate surface area is 191 Å². The highest BCUT2D eigenvalue weighted by molar-refractivity contribution is 9.10. The Kier molecular flexibility index (Phi) is 4.96. The summed E-state index contributed by atoms with van der Waals surface area (Å²) in [5, 5.41) is 1.82. The lowest BCUT2D eigenvalue weighted by atomic mass is 10.1. The van der Waals surface area contributed by atoms with Crippen LogP contribution in [0.1, 0.15) is 5.69 Å². The van der Waals surface area contributed by atoms with E-state index < -0.39 is 0 Å². The molecule has 2 heterocycles. The van der Waals surface area contributed by atoms with Gasteiger partial charge in [-0.1, -0.05) is 45.7 Å². The number of rotatable bonds is 3. The third-order valence-corrected chi connectivity index (χ3v) is 5.75. The number of pyridine rings is 1. The van der Waals surface area contributed by atoms with Gasteiger partial charge in [-0.05, 0) is 61.5 Å². The summed E-state index contributed by atoms with van der Waals surface area (Å²) in [6.07, 6.45) is 0. The molecule has 0 amide bonds. The minimum atomic E-state index is -0.254. The molecule has 31 heavy (non-hydrogen) atoms. The van der Waals surface area contributed by atoms with Gasteiger partial charge in [0.2, 0.25) is 0 Å². The molecule has 0 atom stereocenters. The average Bonchev–Trinajstić information content (AvgIpc) is 2.76. The number of halogens is 2. The monoisotopic (exact) mass is 491 g/mol. The number of para-hydroxylation sites is 1. The topological polar surface area (TPSA) is 57.0 Å². The smallest absolute Gasteiger partial charge is 0.310 e. The van der Waals surface area contributed by atoms with Gasteiger partial charge in [0.05, 0.1) is 27.8 Å². The first-order chi connectivity index (χ1) is 15.0. The fourth-order valence-corrected chi connectivity index (χ4v) is 3.92. The molecule has 0 N–H and O–H groups in total. The van der Waals surface area contributed by atoms with Gasteiger partial charge >= 0.3 is 6.01 Å². The summed E-state index contributed by atoms with van der Waals surface area (Å²) >= 11 is 9.48. The molecule has 152 valence electrons. The first-order valence-corrected chi connectivity index (χ1v) is 10.7. The number of hydrogen-bond donors (Lipinski definition) is 0. The largest absolute Gasteiger partial charge is 0.425 e. The van der Waals surface area contributed by atoms with Gasteiger partial charge < -0.3 is 4.74 Å². The second-order valence-corrected chi connectivity index (χ2v) is 8.36. The molecule has 0 saturated carbocycles. The molecule has 3 aromatic carbocycles. The molecule has 0 bridgehead atoms. The van der Waals surface area contributed by atoms with Crippen molar-refractivity contribution in [2.45, 2.75) is 6.92 Å². The Morgan fingerprint density at radius 1 is 0.935 bits per heavy atom. The van der Waals surface area contributed by atoms with Gasteiger partial charge in [0.1, 0.15) is 5.75 Å². The minimum Gasteiger partial charge on any atom is -0.425 e.